The van der Waals surface area contributed by atoms with Crippen LogP contribution in [-0.4, -0.2) is 34.6 Å². The zero-order valence-electron chi connectivity index (χ0n) is 14.4. The number of hydrogen-bond acceptors (Lipinski definition) is 4. The van der Waals surface area contributed by atoms with Crippen LogP contribution in [0, 0.1) is 0 Å². The van der Waals surface area contributed by atoms with Crippen molar-refractivity contribution in [1.82, 2.24) is 9.47 Å². The fraction of sp³-hybridized carbons (Fsp3) is 0.444. The fourth-order valence-corrected chi connectivity index (χ4v) is 3.00. The molecule has 6 nitrogen and oxygen atoms in total. The van der Waals surface area contributed by atoms with Gasteiger partial charge in [-0.3, -0.25) is 9.59 Å². The van der Waals surface area contributed by atoms with Crippen molar-refractivity contribution in [3.63, 3.8) is 0 Å². The summed E-state index contributed by atoms with van der Waals surface area (Å²) >= 11 is 0. The van der Waals surface area contributed by atoms with Gasteiger partial charge in [-0.05, 0) is 37.1 Å². The highest BCUT2D eigenvalue weighted by Gasteiger charge is 2.34. The average Bonchev–Trinajstić information content (AvgIpc) is 3.29. The van der Waals surface area contributed by atoms with Crippen LogP contribution >= 0.6 is 0 Å². The number of nitrogens with zero attached hydrogens (tertiary/aromatic N) is 2. The van der Waals surface area contributed by atoms with Gasteiger partial charge in [-0.2, -0.15) is 13.2 Å². The molecular formula is C18H19F3N2O4. The van der Waals surface area contributed by atoms with Crippen LogP contribution in [0.4, 0.5) is 13.2 Å². The molecule has 1 aliphatic rings. The number of carbonyl (C=O) groups excluding carboxylic acids is 1. The first-order chi connectivity index (χ1) is 12.8. The van der Waals surface area contributed by atoms with E-state index in [2.05, 4.69) is 0 Å². The molecule has 2 aromatic heterocycles. The second-order valence-corrected chi connectivity index (χ2v) is 6.34. The normalized spacial score (nSPS) is 17.2. The van der Waals surface area contributed by atoms with Gasteiger partial charge < -0.3 is 18.6 Å². The van der Waals surface area contributed by atoms with E-state index in [0.29, 0.717) is 18.4 Å². The predicted octanol–water partition coefficient (Wildman–Crippen LogP) is 2.67. The van der Waals surface area contributed by atoms with Crippen molar-refractivity contribution >= 4 is 5.91 Å². The lowest BCUT2D eigenvalue weighted by Gasteiger charge is -2.25. The molecule has 0 aromatic carbocycles. The smallest absolute Gasteiger partial charge is 0.421 e. The number of furan rings is 1. The van der Waals surface area contributed by atoms with Crippen LogP contribution in [0.1, 0.15) is 24.2 Å². The Kier molecular flexibility index (Phi) is 5.69. The molecule has 9 heteroatoms. The number of pyridine rings is 1. The van der Waals surface area contributed by atoms with Gasteiger partial charge in [-0.25, -0.2) is 0 Å². The maximum Gasteiger partial charge on any atom is 0.421 e. The van der Waals surface area contributed by atoms with E-state index < -0.39 is 29.8 Å². The Morgan fingerprint density at radius 2 is 2.11 bits per heavy atom. The van der Waals surface area contributed by atoms with Crippen molar-refractivity contribution in [2.75, 3.05) is 13.2 Å². The minimum Gasteiger partial charge on any atom is -0.467 e. The van der Waals surface area contributed by atoms with E-state index in [9.17, 15) is 22.8 Å². The van der Waals surface area contributed by atoms with Crippen molar-refractivity contribution in [2.24, 2.45) is 0 Å². The van der Waals surface area contributed by atoms with Crippen molar-refractivity contribution in [3.8, 4) is 0 Å². The molecule has 3 heterocycles. The summed E-state index contributed by atoms with van der Waals surface area (Å²) in [5.74, 6) is 0.0565. The first kappa shape index (κ1) is 19.2. The number of amides is 1. The maximum absolute atomic E-state index is 12.9. The Labute approximate surface area is 153 Å². The predicted molar refractivity (Wildman–Crippen MR) is 88.8 cm³/mol. The van der Waals surface area contributed by atoms with E-state index in [-0.39, 0.29) is 19.2 Å². The Balaban J connectivity index is 1.78. The molecule has 1 amide bonds. The monoisotopic (exact) mass is 384 g/mol. The maximum atomic E-state index is 12.9. The molecule has 1 unspecified atom stereocenters. The third-order valence-corrected chi connectivity index (χ3v) is 4.36. The topological polar surface area (TPSA) is 64.7 Å². The van der Waals surface area contributed by atoms with E-state index in [1.165, 1.54) is 17.4 Å². The van der Waals surface area contributed by atoms with Crippen molar-refractivity contribution < 1.29 is 27.1 Å². The number of rotatable bonds is 6. The third-order valence-electron chi connectivity index (χ3n) is 4.36. The molecule has 2 aromatic rings. The Morgan fingerprint density at radius 1 is 1.30 bits per heavy atom. The summed E-state index contributed by atoms with van der Waals surface area (Å²) in [7, 11) is 0. The van der Waals surface area contributed by atoms with Crippen LogP contribution in [0.5, 0.6) is 0 Å². The molecule has 1 aliphatic heterocycles. The number of aromatic nitrogens is 1. The largest absolute Gasteiger partial charge is 0.467 e. The molecule has 1 saturated heterocycles. The highest BCUT2D eigenvalue weighted by molar-refractivity contribution is 5.76. The van der Waals surface area contributed by atoms with Crippen LogP contribution < -0.4 is 5.56 Å². The van der Waals surface area contributed by atoms with Gasteiger partial charge in [-0.15, -0.1) is 0 Å². The number of halogens is 3. The van der Waals surface area contributed by atoms with Gasteiger partial charge in [0.25, 0.3) is 5.56 Å². The fourth-order valence-electron chi connectivity index (χ4n) is 3.00. The van der Waals surface area contributed by atoms with E-state index in [4.69, 9.17) is 9.15 Å². The van der Waals surface area contributed by atoms with E-state index in [0.717, 1.165) is 23.5 Å². The lowest BCUT2D eigenvalue weighted by Crippen LogP contribution is -2.41. The molecule has 0 bridgehead atoms. The van der Waals surface area contributed by atoms with Crippen LogP contribution in [0.3, 0.4) is 0 Å². The Bertz CT molecular complexity index is 824. The highest BCUT2D eigenvalue weighted by Crippen LogP contribution is 2.26. The van der Waals surface area contributed by atoms with E-state index in [1.807, 2.05) is 0 Å². The number of carbonyl (C=O) groups is 1. The lowest BCUT2D eigenvalue weighted by atomic mass is 10.2. The van der Waals surface area contributed by atoms with Gasteiger partial charge in [-0.1, -0.05) is 0 Å². The molecule has 3 rings (SSSR count). The summed E-state index contributed by atoms with van der Waals surface area (Å²) in [4.78, 5) is 26.2. The average molecular weight is 384 g/mol. The molecule has 0 saturated carbocycles. The SMILES string of the molecule is O=C(Cn1cccc(C(F)(F)F)c1=O)N(Cc1ccco1)CC1CCCO1. The van der Waals surface area contributed by atoms with E-state index >= 15 is 0 Å². The van der Waals surface area contributed by atoms with Crippen molar-refractivity contribution in [3.05, 3.63) is 58.4 Å². The van der Waals surface area contributed by atoms with Crippen LogP contribution in [0.25, 0.3) is 0 Å². The summed E-state index contributed by atoms with van der Waals surface area (Å²) in [6.45, 7) is 0.559. The zero-order chi connectivity index (χ0) is 19.4. The summed E-state index contributed by atoms with van der Waals surface area (Å²) in [6.07, 6.45) is -0.573. The molecule has 0 spiro atoms. The summed E-state index contributed by atoms with van der Waals surface area (Å²) in [5, 5.41) is 0. The molecule has 0 N–H and O–H groups in total. The number of hydrogen-bond donors (Lipinski definition) is 0. The third kappa shape index (κ3) is 4.79. The number of ether oxygens (including phenoxy) is 1. The first-order valence-corrected chi connectivity index (χ1v) is 8.53. The number of alkyl halides is 3. The van der Waals surface area contributed by atoms with E-state index in [1.54, 1.807) is 12.1 Å². The summed E-state index contributed by atoms with van der Waals surface area (Å²) < 4.78 is 50.3. The molecule has 146 valence electrons. The van der Waals surface area contributed by atoms with Gasteiger partial charge in [0.2, 0.25) is 5.91 Å². The summed E-state index contributed by atoms with van der Waals surface area (Å²) in [5.41, 5.74) is -2.54. The standard InChI is InChI=1S/C18H19F3N2O4/c19-18(20,21)15-6-1-7-22(17(15)25)12-16(24)23(10-13-4-2-8-26-13)11-14-5-3-9-27-14/h1-2,4,6-8,14H,3,5,9-12H2. The van der Waals surface area contributed by atoms with Crippen molar-refractivity contribution in [2.45, 2.75) is 38.2 Å². The lowest BCUT2D eigenvalue weighted by molar-refractivity contribution is -0.140. The van der Waals surface area contributed by atoms with Gasteiger partial charge in [0.15, 0.2) is 0 Å². The quantitative estimate of drug-likeness (QED) is 0.768. The second kappa shape index (κ2) is 7.99. The zero-order valence-corrected chi connectivity index (χ0v) is 14.4. The minimum atomic E-state index is -4.77. The van der Waals surface area contributed by atoms with Gasteiger partial charge in [0.1, 0.15) is 17.9 Å². The molecule has 27 heavy (non-hydrogen) atoms. The highest BCUT2D eigenvalue weighted by atomic mass is 19.4. The Hall–Kier alpha value is -2.55. The first-order valence-electron chi connectivity index (χ1n) is 8.53. The molecular weight excluding hydrogens is 365 g/mol. The van der Waals surface area contributed by atoms with Crippen LogP contribution in [0.2, 0.25) is 0 Å². The molecule has 1 atom stereocenters. The Morgan fingerprint density at radius 3 is 2.74 bits per heavy atom. The minimum absolute atomic E-state index is 0.137. The van der Waals surface area contributed by atoms with Gasteiger partial charge in [0.05, 0.1) is 18.9 Å². The van der Waals surface area contributed by atoms with Crippen molar-refractivity contribution in [1.29, 1.82) is 0 Å². The van der Waals surface area contributed by atoms with Gasteiger partial charge in [0, 0.05) is 19.3 Å². The van der Waals surface area contributed by atoms with Crippen LogP contribution in [0.15, 0.2) is 45.9 Å². The molecule has 1 fully saturated rings. The van der Waals surface area contributed by atoms with Gasteiger partial charge >= 0.3 is 6.18 Å². The molecule has 0 radical (unpaired) electrons. The van der Waals surface area contributed by atoms with Crippen LogP contribution in [-0.2, 0) is 28.8 Å². The second-order valence-electron chi connectivity index (χ2n) is 6.34. The molecule has 0 aliphatic carbocycles. The summed E-state index contributed by atoms with van der Waals surface area (Å²) in [6, 6.07) is 5.19.